The van der Waals surface area contributed by atoms with Crippen molar-refractivity contribution in [2.45, 2.75) is 0 Å². The lowest BCUT2D eigenvalue weighted by molar-refractivity contribution is -0.385. The first kappa shape index (κ1) is 15.7. The quantitative estimate of drug-likeness (QED) is 0.516. The maximum atomic E-state index is 10.1. The fourth-order valence-electron chi connectivity index (χ4n) is 1.05. The highest BCUT2D eigenvalue weighted by Gasteiger charge is 2.09. The highest BCUT2D eigenvalue weighted by molar-refractivity contribution is 7.71. The Hall–Kier alpha value is -2.39. The van der Waals surface area contributed by atoms with Crippen LogP contribution in [-0.2, 0) is 0 Å². The van der Waals surface area contributed by atoms with E-state index in [-0.39, 0.29) is 20.9 Å². The van der Waals surface area contributed by atoms with Crippen molar-refractivity contribution in [2.75, 3.05) is 0 Å². The van der Waals surface area contributed by atoms with Crippen LogP contribution in [0.4, 0.5) is 11.4 Å². The second kappa shape index (κ2) is 7.26. The Morgan fingerprint density at radius 3 is 2.25 bits per heavy atom. The Bertz CT molecular complexity index is 691. The minimum absolute atomic E-state index is 0.0579. The molecule has 0 spiro atoms. The van der Waals surface area contributed by atoms with Crippen LogP contribution in [-0.4, -0.2) is 19.8 Å². The number of aromatic nitrogens is 2. The van der Waals surface area contributed by atoms with Crippen LogP contribution in [0.15, 0.2) is 36.9 Å². The third-order valence-electron chi connectivity index (χ3n) is 1.95. The molecule has 0 atom stereocenters. The summed E-state index contributed by atoms with van der Waals surface area (Å²) in [6.45, 7) is 0. The summed E-state index contributed by atoms with van der Waals surface area (Å²) >= 11 is 10.1. The number of aromatic amines is 1. The number of hydrogen-bond acceptors (Lipinski definition) is 6. The molecule has 0 radical (unpaired) electrons. The van der Waals surface area contributed by atoms with E-state index in [2.05, 4.69) is 22.2 Å². The van der Waals surface area contributed by atoms with Crippen LogP contribution in [0.5, 0.6) is 0 Å². The zero-order valence-corrected chi connectivity index (χ0v) is 11.3. The van der Waals surface area contributed by atoms with Crippen molar-refractivity contribution >= 4 is 35.2 Å². The average Bonchev–Trinajstić information content (AvgIpc) is 2.40. The van der Waals surface area contributed by atoms with Crippen molar-refractivity contribution in [1.29, 1.82) is 0 Å². The van der Waals surface area contributed by atoms with Crippen molar-refractivity contribution in [3.8, 4) is 0 Å². The van der Waals surface area contributed by atoms with Gasteiger partial charge < -0.3 is 4.98 Å². The first-order valence-corrected chi connectivity index (χ1v) is 5.77. The third-order valence-corrected chi connectivity index (χ3v) is 2.61. The van der Waals surface area contributed by atoms with E-state index in [9.17, 15) is 20.2 Å². The number of halogens is 1. The van der Waals surface area contributed by atoms with Gasteiger partial charge in [-0.25, -0.2) is 0 Å². The van der Waals surface area contributed by atoms with Crippen molar-refractivity contribution in [3.05, 3.63) is 66.7 Å². The van der Waals surface area contributed by atoms with E-state index in [1.165, 1.54) is 24.5 Å². The molecule has 0 bridgehead atoms. The molecule has 0 amide bonds. The summed E-state index contributed by atoms with van der Waals surface area (Å²) in [5.41, 5.74) is -0.221. The van der Waals surface area contributed by atoms with Gasteiger partial charge in [-0.2, -0.15) is 0 Å². The van der Waals surface area contributed by atoms with Crippen LogP contribution in [0.2, 0.25) is 5.02 Å². The molecule has 0 fully saturated rings. The monoisotopic (exact) mass is 314 g/mol. The number of nitrogens with one attached hydrogen (secondary N) is 1. The number of pyridine rings is 2. The highest BCUT2D eigenvalue weighted by atomic mass is 35.5. The zero-order valence-electron chi connectivity index (χ0n) is 9.72. The van der Waals surface area contributed by atoms with Crippen molar-refractivity contribution < 1.29 is 9.85 Å². The summed E-state index contributed by atoms with van der Waals surface area (Å²) in [6.07, 6.45) is 5.33. The number of H-pyrrole nitrogens is 1. The summed E-state index contributed by atoms with van der Waals surface area (Å²) in [5, 5.41) is 20.4. The van der Waals surface area contributed by atoms with Crippen molar-refractivity contribution in [3.63, 3.8) is 0 Å². The normalized spacial score (nSPS) is 9.25. The molecular formula is C10H7ClN4O4S. The Morgan fingerprint density at radius 2 is 1.85 bits per heavy atom. The highest BCUT2D eigenvalue weighted by Crippen LogP contribution is 2.20. The van der Waals surface area contributed by atoms with Gasteiger partial charge in [-0.1, -0.05) is 23.8 Å². The molecule has 1 N–H and O–H groups in total. The lowest BCUT2D eigenvalue weighted by atomic mass is 10.4. The Morgan fingerprint density at radius 1 is 1.20 bits per heavy atom. The minimum atomic E-state index is -0.574. The van der Waals surface area contributed by atoms with E-state index in [1.54, 1.807) is 6.20 Å². The molecule has 2 rings (SSSR count). The van der Waals surface area contributed by atoms with Gasteiger partial charge in [-0.15, -0.1) is 0 Å². The van der Waals surface area contributed by atoms with Gasteiger partial charge in [0.15, 0.2) is 0 Å². The fourth-order valence-corrected chi connectivity index (χ4v) is 1.43. The average molecular weight is 315 g/mol. The van der Waals surface area contributed by atoms with Gasteiger partial charge in [0.05, 0.1) is 16.0 Å². The predicted octanol–water partition coefficient (Wildman–Crippen LogP) is 3.30. The van der Waals surface area contributed by atoms with Crippen molar-refractivity contribution in [1.82, 2.24) is 9.97 Å². The van der Waals surface area contributed by atoms with Gasteiger partial charge in [-0.05, 0) is 12.1 Å². The second-order valence-electron chi connectivity index (χ2n) is 3.24. The lowest BCUT2D eigenvalue weighted by Crippen LogP contribution is -1.88. The van der Waals surface area contributed by atoms with Gasteiger partial charge in [-0.3, -0.25) is 25.2 Å². The molecule has 0 aliphatic carbocycles. The fraction of sp³-hybridized carbons (Fsp3) is 0. The first-order valence-electron chi connectivity index (χ1n) is 4.99. The molecule has 2 aromatic heterocycles. The van der Waals surface area contributed by atoms with Crippen LogP contribution in [0.1, 0.15) is 0 Å². The van der Waals surface area contributed by atoms with E-state index in [0.717, 1.165) is 6.20 Å². The topological polar surface area (TPSA) is 115 Å². The molecule has 0 saturated heterocycles. The molecule has 20 heavy (non-hydrogen) atoms. The van der Waals surface area contributed by atoms with Crippen molar-refractivity contribution in [2.24, 2.45) is 0 Å². The third kappa shape index (κ3) is 4.37. The number of rotatable bonds is 2. The number of nitrogens with zero attached hydrogens (tertiary/aromatic N) is 3. The van der Waals surface area contributed by atoms with Crippen LogP contribution in [0.3, 0.4) is 0 Å². The maximum Gasteiger partial charge on any atom is 0.305 e. The van der Waals surface area contributed by atoms with E-state index in [0.29, 0.717) is 0 Å². The number of nitro groups is 2. The Balaban J connectivity index is 0.000000200. The largest absolute Gasteiger partial charge is 0.362 e. The minimum Gasteiger partial charge on any atom is -0.362 e. The summed E-state index contributed by atoms with van der Waals surface area (Å²) < 4.78 is 0.253. The predicted molar refractivity (Wildman–Crippen MR) is 74.2 cm³/mol. The summed E-state index contributed by atoms with van der Waals surface area (Å²) in [5.74, 6) is 0. The van der Waals surface area contributed by atoms with Crippen LogP contribution >= 0.6 is 23.8 Å². The van der Waals surface area contributed by atoms with Gasteiger partial charge in [0.1, 0.15) is 15.7 Å². The molecule has 0 saturated carbocycles. The van der Waals surface area contributed by atoms with Crippen LogP contribution in [0.25, 0.3) is 0 Å². The molecule has 0 unspecified atom stereocenters. The van der Waals surface area contributed by atoms with Gasteiger partial charge in [0.2, 0.25) is 0 Å². The Labute approximate surface area is 122 Å². The SMILES string of the molecule is O=[N+]([O-])c1c[nH]ccc1=S.O=[N+]([O-])c1cnccc1Cl. The number of hydrogen-bond donors (Lipinski definition) is 1. The van der Waals surface area contributed by atoms with E-state index < -0.39 is 9.85 Å². The summed E-state index contributed by atoms with van der Waals surface area (Å²) in [7, 11) is 0. The molecule has 2 heterocycles. The molecule has 0 aliphatic heterocycles. The van der Waals surface area contributed by atoms with E-state index in [4.69, 9.17) is 11.6 Å². The smallest absolute Gasteiger partial charge is 0.305 e. The molecule has 2 aromatic rings. The molecule has 8 nitrogen and oxygen atoms in total. The second-order valence-corrected chi connectivity index (χ2v) is 4.08. The molecule has 0 aromatic carbocycles. The zero-order chi connectivity index (χ0) is 15.1. The molecular weight excluding hydrogens is 308 g/mol. The van der Waals surface area contributed by atoms with Gasteiger partial charge in [0, 0.05) is 12.4 Å². The van der Waals surface area contributed by atoms with Gasteiger partial charge in [0.25, 0.3) is 0 Å². The maximum absolute atomic E-state index is 10.1. The molecule has 104 valence electrons. The van der Waals surface area contributed by atoms with E-state index in [1.807, 2.05) is 0 Å². The van der Waals surface area contributed by atoms with E-state index >= 15 is 0 Å². The standard InChI is InChI=1S/C5H3ClN2O2.C5H4N2O2S/c6-4-1-2-7-3-5(4)8(9)10;8-7(9)4-3-6-2-1-5(4)10/h1-3H;1-3H,(H,6,10). The Kier molecular flexibility index (Phi) is 5.69. The van der Waals surface area contributed by atoms with Gasteiger partial charge >= 0.3 is 11.4 Å². The lowest BCUT2D eigenvalue weighted by Gasteiger charge is -1.90. The molecule has 10 heteroatoms. The summed E-state index contributed by atoms with van der Waals surface area (Å²) in [6, 6.07) is 2.85. The van der Waals surface area contributed by atoms with Crippen LogP contribution < -0.4 is 0 Å². The molecule has 0 aliphatic rings. The first-order chi connectivity index (χ1) is 9.43. The summed E-state index contributed by atoms with van der Waals surface area (Å²) in [4.78, 5) is 25.3. The van der Waals surface area contributed by atoms with Crippen LogP contribution in [0, 0.1) is 24.7 Å².